The number of fused-ring (bicyclic) bond motifs is 1. The zero-order valence-electron chi connectivity index (χ0n) is 16.2. The molecule has 6 heteroatoms. The summed E-state index contributed by atoms with van der Waals surface area (Å²) in [6, 6.07) is 0. The molecule has 1 N–H and O–H groups in total. The third-order valence-electron chi connectivity index (χ3n) is 5.03. The summed E-state index contributed by atoms with van der Waals surface area (Å²) in [5.74, 6) is -1.61. The zero-order valence-corrected chi connectivity index (χ0v) is 16.2. The van der Waals surface area contributed by atoms with Crippen LogP contribution in [0.15, 0.2) is 47.6 Å². The smallest absolute Gasteiger partial charge is 0.336 e. The monoisotopic (exact) mass is 376 g/mol. The molecular weight excluding hydrogens is 348 g/mol. The van der Waals surface area contributed by atoms with Crippen molar-refractivity contribution in [1.29, 1.82) is 0 Å². The van der Waals surface area contributed by atoms with Crippen molar-refractivity contribution in [2.75, 3.05) is 13.7 Å². The molecule has 148 valence electrons. The fourth-order valence-corrected chi connectivity index (χ4v) is 3.40. The number of allylic oxidation sites excluding steroid dienone is 2. The standard InChI is InChI=1S/C21H28O6/c1-12-7-6-8-13(2)10-17-19(15(4)21(24)27-17)16(9-12)26-20(23)14(3)18(11-22)25-5/h7,10,16-19,22H,3-4,6,8-9,11H2,1-2,5H3. The van der Waals surface area contributed by atoms with Crippen LogP contribution in [0, 0.1) is 5.92 Å². The number of methoxy groups -OCH3 is 1. The molecule has 1 aliphatic carbocycles. The minimum absolute atomic E-state index is 0.0258. The van der Waals surface area contributed by atoms with Gasteiger partial charge in [0.1, 0.15) is 18.3 Å². The molecular formula is C21H28O6. The molecule has 2 aliphatic rings. The van der Waals surface area contributed by atoms with Gasteiger partial charge in [0, 0.05) is 19.1 Å². The van der Waals surface area contributed by atoms with Crippen molar-refractivity contribution in [2.45, 2.75) is 51.4 Å². The van der Waals surface area contributed by atoms with E-state index >= 15 is 0 Å². The summed E-state index contributed by atoms with van der Waals surface area (Å²) in [5, 5.41) is 9.31. The lowest BCUT2D eigenvalue weighted by Gasteiger charge is -2.28. The van der Waals surface area contributed by atoms with Crippen LogP contribution in [-0.2, 0) is 23.8 Å². The maximum absolute atomic E-state index is 12.6. The van der Waals surface area contributed by atoms with E-state index in [0.29, 0.717) is 12.0 Å². The number of rotatable bonds is 5. The van der Waals surface area contributed by atoms with E-state index in [1.165, 1.54) is 7.11 Å². The van der Waals surface area contributed by atoms with Gasteiger partial charge < -0.3 is 19.3 Å². The van der Waals surface area contributed by atoms with Crippen molar-refractivity contribution in [1.82, 2.24) is 0 Å². The molecule has 6 nitrogen and oxygen atoms in total. The molecule has 27 heavy (non-hydrogen) atoms. The van der Waals surface area contributed by atoms with Crippen LogP contribution in [0.3, 0.4) is 0 Å². The van der Waals surface area contributed by atoms with E-state index in [9.17, 15) is 14.7 Å². The molecule has 4 unspecified atom stereocenters. The molecule has 4 atom stereocenters. The van der Waals surface area contributed by atoms with Gasteiger partial charge in [-0.2, -0.15) is 0 Å². The topological polar surface area (TPSA) is 82.1 Å². The van der Waals surface area contributed by atoms with Gasteiger partial charge in [0.05, 0.1) is 18.1 Å². The van der Waals surface area contributed by atoms with E-state index in [1.54, 1.807) is 0 Å². The summed E-state index contributed by atoms with van der Waals surface area (Å²) in [4.78, 5) is 24.7. The van der Waals surface area contributed by atoms with Gasteiger partial charge in [0.25, 0.3) is 0 Å². The van der Waals surface area contributed by atoms with Crippen LogP contribution in [0.1, 0.15) is 33.1 Å². The molecule has 1 aliphatic heterocycles. The molecule has 0 bridgehead atoms. The predicted octanol–water partition coefficient (Wildman–Crippen LogP) is 2.64. The van der Waals surface area contributed by atoms with Crippen LogP contribution >= 0.6 is 0 Å². The number of aliphatic hydroxyl groups is 1. The summed E-state index contributed by atoms with van der Waals surface area (Å²) in [5.41, 5.74) is 2.49. The second-order valence-corrected chi connectivity index (χ2v) is 7.10. The van der Waals surface area contributed by atoms with Crippen molar-refractivity contribution in [3.05, 3.63) is 47.6 Å². The summed E-state index contributed by atoms with van der Waals surface area (Å²) in [7, 11) is 1.38. The minimum Gasteiger partial charge on any atom is -0.458 e. The maximum Gasteiger partial charge on any atom is 0.336 e. The van der Waals surface area contributed by atoms with Gasteiger partial charge in [0.15, 0.2) is 0 Å². The average molecular weight is 376 g/mol. The Labute approximate surface area is 160 Å². The highest BCUT2D eigenvalue weighted by Crippen LogP contribution is 2.36. The summed E-state index contributed by atoms with van der Waals surface area (Å²) in [6.07, 6.45) is 4.24. The Balaban J connectivity index is 2.32. The maximum atomic E-state index is 12.6. The van der Waals surface area contributed by atoms with Crippen LogP contribution in [0.4, 0.5) is 0 Å². The Kier molecular flexibility index (Phi) is 7.16. The lowest BCUT2D eigenvalue weighted by atomic mass is 9.85. The molecule has 1 heterocycles. The van der Waals surface area contributed by atoms with Crippen molar-refractivity contribution in [3.8, 4) is 0 Å². The average Bonchev–Trinajstić information content (AvgIpc) is 2.88. The molecule has 1 fully saturated rings. The quantitative estimate of drug-likeness (QED) is 0.451. The van der Waals surface area contributed by atoms with Crippen LogP contribution in [0.2, 0.25) is 0 Å². The van der Waals surface area contributed by atoms with Gasteiger partial charge in [0.2, 0.25) is 0 Å². The minimum atomic E-state index is -0.837. The van der Waals surface area contributed by atoms with Gasteiger partial charge in [-0.25, -0.2) is 9.59 Å². The molecule has 0 aromatic rings. The van der Waals surface area contributed by atoms with Crippen LogP contribution in [0.5, 0.6) is 0 Å². The van der Waals surface area contributed by atoms with Gasteiger partial charge in [-0.3, -0.25) is 0 Å². The third kappa shape index (κ3) is 4.96. The van der Waals surface area contributed by atoms with Gasteiger partial charge in [-0.15, -0.1) is 0 Å². The van der Waals surface area contributed by atoms with Crippen LogP contribution in [0.25, 0.3) is 0 Å². The number of hydrogen-bond donors (Lipinski definition) is 1. The van der Waals surface area contributed by atoms with Crippen LogP contribution in [-0.4, -0.2) is 49.1 Å². The van der Waals surface area contributed by atoms with E-state index < -0.39 is 36.2 Å². The molecule has 0 aromatic carbocycles. The van der Waals surface area contributed by atoms with Gasteiger partial charge in [-0.1, -0.05) is 30.4 Å². The Morgan fingerprint density at radius 3 is 2.74 bits per heavy atom. The largest absolute Gasteiger partial charge is 0.458 e. The van der Waals surface area contributed by atoms with Crippen molar-refractivity contribution in [3.63, 3.8) is 0 Å². The number of ether oxygens (including phenoxy) is 3. The van der Waals surface area contributed by atoms with E-state index in [4.69, 9.17) is 14.2 Å². The second-order valence-electron chi connectivity index (χ2n) is 7.10. The number of esters is 2. The summed E-state index contributed by atoms with van der Waals surface area (Å²) in [6.45, 7) is 11.1. The zero-order chi connectivity index (χ0) is 20.1. The first-order valence-corrected chi connectivity index (χ1v) is 9.04. The fourth-order valence-electron chi connectivity index (χ4n) is 3.40. The van der Waals surface area contributed by atoms with E-state index in [1.807, 2.05) is 19.9 Å². The second kappa shape index (κ2) is 9.15. The van der Waals surface area contributed by atoms with Crippen molar-refractivity contribution in [2.24, 2.45) is 5.92 Å². The lowest BCUT2D eigenvalue weighted by molar-refractivity contribution is -0.148. The fraction of sp³-hybridized carbons (Fsp3) is 0.524. The SMILES string of the molecule is C=C(C(=O)OC1CC(C)=CCCC(C)=CC2OC(=O)C(=C)C21)C(CO)OC. The molecule has 1 saturated heterocycles. The predicted molar refractivity (Wildman–Crippen MR) is 101 cm³/mol. The van der Waals surface area contributed by atoms with E-state index in [0.717, 1.165) is 24.0 Å². The van der Waals surface area contributed by atoms with Crippen molar-refractivity contribution < 1.29 is 28.9 Å². The molecule has 0 amide bonds. The highest BCUT2D eigenvalue weighted by atomic mass is 16.6. The highest BCUT2D eigenvalue weighted by molar-refractivity contribution is 5.92. The molecule has 2 rings (SSSR count). The van der Waals surface area contributed by atoms with Gasteiger partial charge >= 0.3 is 11.9 Å². The number of carbonyl (C=O) groups excluding carboxylic acids is 2. The number of hydrogen-bond acceptors (Lipinski definition) is 6. The molecule has 0 radical (unpaired) electrons. The number of aliphatic hydroxyl groups excluding tert-OH is 1. The lowest BCUT2D eigenvalue weighted by Crippen LogP contribution is -2.35. The third-order valence-corrected chi connectivity index (χ3v) is 5.03. The molecule has 0 aromatic heterocycles. The first kappa shape index (κ1) is 21.1. The van der Waals surface area contributed by atoms with Crippen molar-refractivity contribution >= 4 is 11.9 Å². The summed E-state index contributed by atoms with van der Waals surface area (Å²) >= 11 is 0. The molecule has 0 spiro atoms. The van der Waals surface area contributed by atoms with E-state index in [2.05, 4.69) is 19.2 Å². The van der Waals surface area contributed by atoms with Crippen LogP contribution < -0.4 is 0 Å². The van der Waals surface area contributed by atoms with Gasteiger partial charge in [-0.05, 0) is 32.8 Å². The normalized spacial score (nSPS) is 27.0. The Morgan fingerprint density at radius 2 is 2.11 bits per heavy atom. The van der Waals surface area contributed by atoms with E-state index in [-0.39, 0.29) is 12.2 Å². The summed E-state index contributed by atoms with van der Waals surface area (Å²) < 4.78 is 16.2. The Hall–Kier alpha value is -2.18. The molecule has 0 saturated carbocycles. The number of carbonyl (C=O) groups is 2. The Bertz CT molecular complexity index is 683. The first-order chi connectivity index (χ1) is 12.8. The highest BCUT2D eigenvalue weighted by Gasteiger charge is 2.44. The first-order valence-electron chi connectivity index (χ1n) is 9.04. The Morgan fingerprint density at radius 1 is 1.41 bits per heavy atom.